The van der Waals surface area contributed by atoms with E-state index in [-0.39, 0.29) is 6.04 Å². The maximum absolute atomic E-state index is 6.23. The molecule has 18 heavy (non-hydrogen) atoms. The highest BCUT2D eigenvalue weighted by Crippen LogP contribution is 2.30. The van der Waals surface area contributed by atoms with Gasteiger partial charge in [-0.15, -0.1) is 0 Å². The third-order valence-electron chi connectivity index (χ3n) is 3.22. The molecule has 3 nitrogen and oxygen atoms in total. The van der Waals surface area contributed by atoms with Gasteiger partial charge in [0.2, 0.25) is 0 Å². The zero-order valence-electron chi connectivity index (χ0n) is 10.7. The summed E-state index contributed by atoms with van der Waals surface area (Å²) < 4.78 is 12.1. The van der Waals surface area contributed by atoms with Crippen LogP contribution in [0, 0.1) is 0 Å². The molecule has 0 aliphatic carbocycles. The lowest BCUT2D eigenvalue weighted by Crippen LogP contribution is -2.18. The Kier molecular flexibility index (Phi) is 5.03. The van der Waals surface area contributed by atoms with Crippen molar-refractivity contribution in [2.45, 2.75) is 38.3 Å². The van der Waals surface area contributed by atoms with E-state index in [9.17, 15) is 0 Å². The quantitative estimate of drug-likeness (QED) is 0.906. The van der Waals surface area contributed by atoms with Gasteiger partial charge >= 0.3 is 0 Å². The van der Waals surface area contributed by atoms with E-state index < -0.39 is 0 Å². The maximum atomic E-state index is 6.23. The van der Waals surface area contributed by atoms with E-state index >= 15 is 0 Å². The van der Waals surface area contributed by atoms with Crippen LogP contribution in [0.4, 0.5) is 0 Å². The van der Waals surface area contributed by atoms with Gasteiger partial charge in [0, 0.05) is 12.6 Å². The lowest BCUT2D eigenvalue weighted by atomic mass is 10.00. The third kappa shape index (κ3) is 3.46. The van der Waals surface area contributed by atoms with Crippen molar-refractivity contribution < 1.29 is 9.47 Å². The van der Waals surface area contributed by atoms with Crippen molar-refractivity contribution in [3.63, 3.8) is 0 Å². The summed E-state index contributed by atoms with van der Waals surface area (Å²) in [4.78, 5) is 0. The van der Waals surface area contributed by atoms with Crippen LogP contribution in [-0.2, 0) is 4.74 Å². The first-order chi connectivity index (χ1) is 8.70. The highest BCUT2D eigenvalue weighted by atomic mass is 79.9. The molecule has 1 aliphatic rings. The first kappa shape index (κ1) is 13.8. The molecule has 1 heterocycles. The molecule has 0 spiro atoms. The van der Waals surface area contributed by atoms with Gasteiger partial charge in [-0.25, -0.2) is 0 Å². The lowest BCUT2D eigenvalue weighted by Gasteiger charge is -2.17. The molecule has 4 heteroatoms. The van der Waals surface area contributed by atoms with E-state index in [0.717, 1.165) is 41.7 Å². The predicted molar refractivity (Wildman–Crippen MR) is 75.8 cm³/mol. The molecule has 0 amide bonds. The Morgan fingerprint density at radius 1 is 1.56 bits per heavy atom. The largest absolute Gasteiger partial charge is 0.493 e. The summed E-state index contributed by atoms with van der Waals surface area (Å²) in [7, 11) is 0. The first-order valence-corrected chi connectivity index (χ1v) is 7.29. The topological polar surface area (TPSA) is 44.5 Å². The number of ether oxygens (including phenoxy) is 2. The Balaban J connectivity index is 2.01. The SMILES string of the molecule is CCOc1ccc(C(N)CC2CCCO2)cc1Br. The van der Waals surface area contributed by atoms with Gasteiger partial charge in [-0.1, -0.05) is 6.07 Å². The second-order valence-corrected chi connectivity index (χ2v) is 5.45. The fourth-order valence-electron chi connectivity index (χ4n) is 2.27. The van der Waals surface area contributed by atoms with Crippen LogP contribution in [0.1, 0.15) is 37.8 Å². The number of nitrogens with two attached hydrogens (primary N) is 1. The number of rotatable bonds is 5. The van der Waals surface area contributed by atoms with Crippen LogP contribution in [0.3, 0.4) is 0 Å². The highest BCUT2D eigenvalue weighted by molar-refractivity contribution is 9.10. The molecular formula is C14H20BrNO2. The zero-order chi connectivity index (χ0) is 13.0. The molecule has 1 aromatic rings. The Morgan fingerprint density at radius 3 is 3.00 bits per heavy atom. The van der Waals surface area contributed by atoms with Gasteiger partial charge in [0.1, 0.15) is 5.75 Å². The van der Waals surface area contributed by atoms with Crippen LogP contribution in [-0.4, -0.2) is 19.3 Å². The van der Waals surface area contributed by atoms with Crippen LogP contribution in [0.2, 0.25) is 0 Å². The van der Waals surface area contributed by atoms with E-state index in [1.165, 1.54) is 0 Å². The molecule has 0 saturated carbocycles. The van der Waals surface area contributed by atoms with E-state index in [0.29, 0.717) is 12.7 Å². The van der Waals surface area contributed by atoms with Crippen molar-refractivity contribution in [1.82, 2.24) is 0 Å². The average molecular weight is 314 g/mol. The van der Waals surface area contributed by atoms with Crippen molar-refractivity contribution in [2.75, 3.05) is 13.2 Å². The fraction of sp³-hybridized carbons (Fsp3) is 0.571. The van der Waals surface area contributed by atoms with Crippen LogP contribution in [0.15, 0.2) is 22.7 Å². The maximum Gasteiger partial charge on any atom is 0.133 e. The Bertz CT molecular complexity index is 391. The highest BCUT2D eigenvalue weighted by Gasteiger charge is 2.20. The molecule has 2 atom stereocenters. The molecular weight excluding hydrogens is 294 g/mol. The summed E-state index contributed by atoms with van der Waals surface area (Å²) >= 11 is 3.52. The second kappa shape index (κ2) is 6.55. The second-order valence-electron chi connectivity index (χ2n) is 4.60. The molecule has 2 unspecified atom stereocenters. The van der Waals surface area contributed by atoms with Crippen molar-refractivity contribution >= 4 is 15.9 Å². The van der Waals surface area contributed by atoms with Gasteiger partial charge < -0.3 is 15.2 Å². The molecule has 1 aliphatic heterocycles. The van der Waals surface area contributed by atoms with Gasteiger partial charge in [-0.2, -0.15) is 0 Å². The predicted octanol–water partition coefficient (Wildman–Crippen LogP) is 3.42. The monoisotopic (exact) mass is 313 g/mol. The third-order valence-corrected chi connectivity index (χ3v) is 3.84. The molecule has 1 aromatic carbocycles. The average Bonchev–Trinajstić information content (AvgIpc) is 2.84. The summed E-state index contributed by atoms with van der Waals surface area (Å²) in [5.74, 6) is 0.866. The molecule has 0 radical (unpaired) electrons. The minimum atomic E-state index is 0.0278. The zero-order valence-corrected chi connectivity index (χ0v) is 12.3. The van der Waals surface area contributed by atoms with Crippen molar-refractivity contribution in [1.29, 1.82) is 0 Å². The molecule has 2 N–H and O–H groups in total. The van der Waals surface area contributed by atoms with Crippen LogP contribution >= 0.6 is 15.9 Å². The summed E-state index contributed by atoms with van der Waals surface area (Å²) in [6.45, 7) is 3.52. The number of hydrogen-bond donors (Lipinski definition) is 1. The normalized spacial score (nSPS) is 20.9. The molecule has 1 fully saturated rings. The summed E-state index contributed by atoms with van der Waals surface area (Å²) in [6.07, 6.45) is 3.50. The van der Waals surface area contributed by atoms with E-state index in [2.05, 4.69) is 15.9 Å². The Hall–Kier alpha value is -0.580. The number of benzene rings is 1. The van der Waals surface area contributed by atoms with Crippen LogP contribution in [0.5, 0.6) is 5.75 Å². The number of halogens is 1. The minimum Gasteiger partial charge on any atom is -0.493 e. The molecule has 2 rings (SSSR count). The summed E-state index contributed by atoms with van der Waals surface area (Å²) in [5.41, 5.74) is 7.35. The van der Waals surface area contributed by atoms with Gasteiger partial charge in [0.05, 0.1) is 17.2 Å². The minimum absolute atomic E-state index is 0.0278. The van der Waals surface area contributed by atoms with Crippen LogP contribution < -0.4 is 10.5 Å². The van der Waals surface area contributed by atoms with E-state index in [1.54, 1.807) is 0 Å². The Labute approximate surface area is 117 Å². The molecule has 0 bridgehead atoms. The summed E-state index contributed by atoms with van der Waals surface area (Å²) in [5, 5.41) is 0. The van der Waals surface area contributed by atoms with E-state index in [4.69, 9.17) is 15.2 Å². The van der Waals surface area contributed by atoms with Gasteiger partial charge in [0.15, 0.2) is 0 Å². The molecule has 0 aromatic heterocycles. The van der Waals surface area contributed by atoms with Crippen molar-refractivity contribution in [3.8, 4) is 5.75 Å². The van der Waals surface area contributed by atoms with E-state index in [1.807, 2.05) is 25.1 Å². The Morgan fingerprint density at radius 2 is 2.39 bits per heavy atom. The smallest absolute Gasteiger partial charge is 0.133 e. The first-order valence-electron chi connectivity index (χ1n) is 6.50. The van der Waals surface area contributed by atoms with Gasteiger partial charge in [-0.3, -0.25) is 0 Å². The number of hydrogen-bond acceptors (Lipinski definition) is 3. The fourth-order valence-corrected chi connectivity index (χ4v) is 2.78. The lowest BCUT2D eigenvalue weighted by molar-refractivity contribution is 0.0983. The standard InChI is InChI=1S/C14H20BrNO2/c1-2-17-14-6-5-10(8-12(14)15)13(16)9-11-4-3-7-18-11/h5-6,8,11,13H,2-4,7,9,16H2,1H3. The molecule has 100 valence electrons. The summed E-state index contributed by atoms with van der Waals surface area (Å²) in [6, 6.07) is 6.08. The van der Waals surface area contributed by atoms with Crippen molar-refractivity contribution in [2.24, 2.45) is 5.73 Å². The van der Waals surface area contributed by atoms with Gasteiger partial charge in [0.25, 0.3) is 0 Å². The van der Waals surface area contributed by atoms with Crippen LogP contribution in [0.25, 0.3) is 0 Å². The van der Waals surface area contributed by atoms with Gasteiger partial charge in [-0.05, 0) is 59.8 Å². The van der Waals surface area contributed by atoms with Crippen molar-refractivity contribution in [3.05, 3.63) is 28.2 Å². The molecule has 1 saturated heterocycles.